The molecule has 0 aromatic carbocycles. The van der Waals surface area contributed by atoms with E-state index in [1.54, 1.807) is 4.90 Å². The molecular weight excluding hydrogens is 186 g/mol. The number of hydrogen-bond donors (Lipinski definition) is 2. The van der Waals surface area contributed by atoms with E-state index in [9.17, 15) is 4.79 Å². The average Bonchev–Trinajstić information content (AvgIpc) is 1.88. The summed E-state index contributed by atoms with van der Waals surface area (Å²) in [6.45, 7) is 5.55. The summed E-state index contributed by atoms with van der Waals surface area (Å²) in [5.74, 6) is 0. The van der Waals surface area contributed by atoms with Crippen molar-refractivity contribution in [2.75, 3.05) is 13.1 Å². The van der Waals surface area contributed by atoms with Crippen molar-refractivity contribution in [3.05, 3.63) is 0 Å². The largest absolute Gasteiger partial charge is 0.394 e. The average molecular weight is 199 g/mol. The molecular formula is C5H13NO5S. The van der Waals surface area contributed by atoms with Crippen LogP contribution < -0.4 is 0 Å². The molecule has 0 saturated heterocycles. The van der Waals surface area contributed by atoms with E-state index in [1.807, 2.05) is 13.8 Å². The summed E-state index contributed by atoms with van der Waals surface area (Å²) < 4.78 is 31.6. The Morgan fingerprint density at radius 1 is 1.25 bits per heavy atom. The number of rotatable bonds is 3. The quantitative estimate of drug-likeness (QED) is 0.486. The highest BCUT2D eigenvalue weighted by atomic mass is 32.3. The van der Waals surface area contributed by atoms with E-state index < -0.39 is 10.4 Å². The van der Waals surface area contributed by atoms with Gasteiger partial charge in [-0.15, -0.1) is 0 Å². The molecule has 0 fully saturated rings. The molecule has 0 aromatic heterocycles. The van der Waals surface area contributed by atoms with Crippen LogP contribution in [0.1, 0.15) is 13.8 Å². The fourth-order valence-electron chi connectivity index (χ4n) is 0.373. The first-order valence-electron chi connectivity index (χ1n) is 3.24. The molecule has 0 radical (unpaired) electrons. The van der Waals surface area contributed by atoms with Gasteiger partial charge in [0.1, 0.15) is 0 Å². The van der Waals surface area contributed by atoms with Gasteiger partial charge in [0, 0.05) is 13.1 Å². The highest BCUT2D eigenvalue weighted by molar-refractivity contribution is 7.79. The molecule has 12 heavy (non-hydrogen) atoms. The standard InChI is InChI=1S/C5H11NO.H2O4S/c1-3-6(4-2)5-7;1-5(2,3)4/h5H,3-4H2,1-2H3;(H2,1,2,3,4). The van der Waals surface area contributed by atoms with Crippen LogP contribution in [0.25, 0.3) is 0 Å². The Hall–Kier alpha value is -0.660. The van der Waals surface area contributed by atoms with Crippen LogP contribution in [0, 0.1) is 0 Å². The van der Waals surface area contributed by atoms with Crippen LogP contribution >= 0.6 is 0 Å². The molecule has 2 N–H and O–H groups in total. The number of carbonyl (C=O) groups excluding carboxylic acids is 1. The van der Waals surface area contributed by atoms with Gasteiger partial charge in [0.25, 0.3) is 0 Å². The fourth-order valence-corrected chi connectivity index (χ4v) is 0.373. The molecule has 0 aliphatic rings. The van der Waals surface area contributed by atoms with Crippen molar-refractivity contribution in [1.29, 1.82) is 0 Å². The zero-order valence-electron chi connectivity index (χ0n) is 6.97. The Labute approximate surface area is 71.8 Å². The predicted octanol–water partition coefficient (Wildman–Crippen LogP) is -0.168. The Morgan fingerprint density at radius 2 is 1.50 bits per heavy atom. The van der Waals surface area contributed by atoms with Gasteiger partial charge in [-0.25, -0.2) is 0 Å². The molecule has 0 saturated carbocycles. The molecule has 0 aromatic rings. The maximum absolute atomic E-state index is 9.89. The van der Waals surface area contributed by atoms with Gasteiger partial charge in [0.15, 0.2) is 0 Å². The molecule has 0 bridgehead atoms. The van der Waals surface area contributed by atoms with Crippen molar-refractivity contribution in [3.8, 4) is 0 Å². The number of carbonyl (C=O) groups is 1. The Bertz CT molecular complexity index is 188. The minimum atomic E-state index is -4.67. The maximum Gasteiger partial charge on any atom is 0.394 e. The zero-order valence-corrected chi connectivity index (χ0v) is 7.78. The zero-order chi connectivity index (χ0) is 10.2. The lowest BCUT2D eigenvalue weighted by molar-refractivity contribution is -0.117. The van der Waals surface area contributed by atoms with Crippen LogP contribution in [0.2, 0.25) is 0 Å². The van der Waals surface area contributed by atoms with E-state index in [1.165, 1.54) is 0 Å². The van der Waals surface area contributed by atoms with Crippen LogP contribution in [0.3, 0.4) is 0 Å². The van der Waals surface area contributed by atoms with Crippen molar-refractivity contribution in [2.24, 2.45) is 0 Å². The summed E-state index contributed by atoms with van der Waals surface area (Å²) >= 11 is 0. The second kappa shape index (κ2) is 7.01. The van der Waals surface area contributed by atoms with E-state index in [4.69, 9.17) is 17.5 Å². The lowest BCUT2D eigenvalue weighted by Gasteiger charge is -2.08. The van der Waals surface area contributed by atoms with E-state index in [-0.39, 0.29) is 0 Å². The monoisotopic (exact) mass is 199 g/mol. The second-order valence-electron chi connectivity index (χ2n) is 1.77. The van der Waals surface area contributed by atoms with Crippen LogP contribution in [0.5, 0.6) is 0 Å². The molecule has 7 heteroatoms. The first-order chi connectivity index (χ1) is 5.35. The molecule has 6 nitrogen and oxygen atoms in total. The van der Waals surface area contributed by atoms with Crippen LogP contribution in [0.15, 0.2) is 0 Å². The molecule has 0 atom stereocenters. The first kappa shape index (κ1) is 13.9. The number of hydrogen-bond acceptors (Lipinski definition) is 3. The highest BCUT2D eigenvalue weighted by Gasteiger charge is 1.87. The van der Waals surface area contributed by atoms with Crippen molar-refractivity contribution >= 4 is 16.8 Å². The van der Waals surface area contributed by atoms with E-state index in [0.717, 1.165) is 19.5 Å². The molecule has 0 unspecified atom stereocenters. The summed E-state index contributed by atoms with van der Waals surface area (Å²) in [5.41, 5.74) is 0. The Kier molecular flexibility index (Phi) is 8.12. The van der Waals surface area contributed by atoms with E-state index in [2.05, 4.69) is 0 Å². The van der Waals surface area contributed by atoms with Gasteiger partial charge in [-0.1, -0.05) is 0 Å². The second-order valence-corrected chi connectivity index (χ2v) is 2.67. The molecule has 1 amide bonds. The predicted molar refractivity (Wildman–Crippen MR) is 43.2 cm³/mol. The van der Waals surface area contributed by atoms with Crippen molar-refractivity contribution < 1.29 is 22.3 Å². The molecule has 74 valence electrons. The minimum absolute atomic E-state index is 0.819. The summed E-state index contributed by atoms with van der Waals surface area (Å²) in [5, 5.41) is 0. The molecule has 0 heterocycles. The minimum Gasteiger partial charge on any atom is -0.346 e. The maximum atomic E-state index is 9.89. The summed E-state index contributed by atoms with van der Waals surface area (Å²) in [7, 11) is -4.67. The fraction of sp³-hybridized carbons (Fsp3) is 0.800. The molecule has 0 aliphatic heterocycles. The van der Waals surface area contributed by atoms with Gasteiger partial charge < -0.3 is 4.90 Å². The molecule has 0 spiro atoms. The van der Waals surface area contributed by atoms with Gasteiger partial charge in [-0.05, 0) is 13.8 Å². The van der Waals surface area contributed by atoms with Crippen molar-refractivity contribution in [1.82, 2.24) is 4.90 Å². The van der Waals surface area contributed by atoms with E-state index in [0.29, 0.717) is 0 Å². The topological polar surface area (TPSA) is 94.9 Å². The number of amides is 1. The van der Waals surface area contributed by atoms with E-state index >= 15 is 0 Å². The van der Waals surface area contributed by atoms with Gasteiger partial charge in [-0.2, -0.15) is 8.42 Å². The van der Waals surface area contributed by atoms with Crippen LogP contribution in [-0.2, 0) is 15.2 Å². The first-order valence-corrected chi connectivity index (χ1v) is 4.64. The van der Waals surface area contributed by atoms with Gasteiger partial charge in [0.2, 0.25) is 6.41 Å². The lowest BCUT2D eigenvalue weighted by Crippen LogP contribution is -2.19. The summed E-state index contributed by atoms with van der Waals surface area (Å²) in [4.78, 5) is 11.6. The highest BCUT2D eigenvalue weighted by Crippen LogP contribution is 1.75. The van der Waals surface area contributed by atoms with Gasteiger partial charge in [0.05, 0.1) is 0 Å². The smallest absolute Gasteiger partial charge is 0.346 e. The SMILES string of the molecule is CCN(C=O)CC.O=S(=O)(O)O. The molecule has 0 aliphatic carbocycles. The van der Waals surface area contributed by atoms with Gasteiger partial charge in [-0.3, -0.25) is 13.9 Å². The third-order valence-corrected chi connectivity index (χ3v) is 0.961. The van der Waals surface area contributed by atoms with Crippen molar-refractivity contribution in [2.45, 2.75) is 13.8 Å². The third kappa shape index (κ3) is 22.8. The summed E-state index contributed by atoms with van der Waals surface area (Å²) in [6.07, 6.45) is 0.861. The van der Waals surface area contributed by atoms with Crippen molar-refractivity contribution in [3.63, 3.8) is 0 Å². The summed E-state index contributed by atoms with van der Waals surface area (Å²) in [6, 6.07) is 0. The van der Waals surface area contributed by atoms with Gasteiger partial charge >= 0.3 is 10.4 Å². The normalized spacial score (nSPS) is 9.67. The lowest BCUT2D eigenvalue weighted by atomic mass is 10.6. The third-order valence-electron chi connectivity index (χ3n) is 0.961. The van der Waals surface area contributed by atoms with Crippen LogP contribution in [-0.4, -0.2) is 41.9 Å². The Morgan fingerprint density at radius 3 is 1.50 bits per heavy atom. The number of nitrogens with zero attached hydrogens (tertiary/aromatic N) is 1. The van der Waals surface area contributed by atoms with Crippen LogP contribution in [0.4, 0.5) is 0 Å². The Balaban J connectivity index is 0. The molecule has 0 rings (SSSR count).